The molecule has 0 aliphatic carbocycles. The molecule has 0 bridgehead atoms. The van der Waals surface area contributed by atoms with E-state index in [-0.39, 0.29) is 24.0 Å². The number of hydrogen-bond acceptors (Lipinski definition) is 2. The number of nitrogens with one attached hydrogen (secondary N) is 2. The molecule has 6 heteroatoms. The quantitative estimate of drug-likeness (QED) is 0.244. The lowest BCUT2D eigenvalue weighted by Crippen LogP contribution is -2.42. The highest BCUT2D eigenvalue weighted by Crippen LogP contribution is 2.06. The normalized spacial score (nSPS) is 12.8. The van der Waals surface area contributed by atoms with E-state index < -0.39 is 0 Å². The van der Waals surface area contributed by atoms with Crippen LogP contribution in [0.3, 0.4) is 0 Å². The van der Waals surface area contributed by atoms with E-state index in [2.05, 4.69) is 54.8 Å². The van der Waals surface area contributed by atoms with Crippen LogP contribution in [-0.4, -0.2) is 28.1 Å². The average Bonchev–Trinajstić information content (AvgIpc) is 2.91. The lowest BCUT2D eigenvalue weighted by Gasteiger charge is -2.18. The molecule has 1 atom stereocenters. The van der Waals surface area contributed by atoms with E-state index in [1.807, 2.05) is 12.4 Å². The Kier molecular flexibility index (Phi) is 13.1. The third-order valence-electron chi connectivity index (χ3n) is 3.71. The van der Waals surface area contributed by atoms with Crippen LogP contribution in [0.5, 0.6) is 0 Å². The van der Waals surface area contributed by atoms with Gasteiger partial charge in [0.15, 0.2) is 5.96 Å². The van der Waals surface area contributed by atoms with E-state index in [1.165, 1.54) is 25.7 Å². The molecule has 0 spiro atoms. The van der Waals surface area contributed by atoms with Crippen LogP contribution in [0.2, 0.25) is 0 Å². The van der Waals surface area contributed by atoms with Gasteiger partial charge in [0, 0.05) is 31.5 Å². The number of unbranched alkanes of at least 4 members (excludes halogenated alkanes) is 2. The number of aromatic nitrogens is 2. The van der Waals surface area contributed by atoms with E-state index in [0.717, 1.165) is 24.9 Å². The van der Waals surface area contributed by atoms with Gasteiger partial charge in [0.25, 0.3) is 0 Å². The topological polar surface area (TPSA) is 54.2 Å². The Balaban J connectivity index is 0.00000529. The van der Waals surface area contributed by atoms with Crippen molar-refractivity contribution in [2.24, 2.45) is 10.9 Å². The van der Waals surface area contributed by atoms with Gasteiger partial charge in [0.05, 0.1) is 0 Å². The summed E-state index contributed by atoms with van der Waals surface area (Å²) in [6.45, 7) is 13.5. The van der Waals surface area contributed by atoms with E-state index in [1.54, 1.807) is 0 Å². The molecule has 1 unspecified atom stereocenters. The molecule has 140 valence electrons. The number of halogens is 1. The molecule has 1 aromatic heterocycles. The molecule has 0 saturated heterocycles. The number of imidazole rings is 1. The van der Waals surface area contributed by atoms with E-state index in [9.17, 15) is 0 Å². The van der Waals surface area contributed by atoms with Gasteiger partial charge in [-0.15, -0.1) is 24.0 Å². The summed E-state index contributed by atoms with van der Waals surface area (Å²) >= 11 is 0. The Bertz CT molecular complexity index is 456. The molecule has 0 saturated carbocycles. The van der Waals surface area contributed by atoms with Gasteiger partial charge in [-0.3, -0.25) is 0 Å². The third kappa shape index (κ3) is 9.49. The Morgan fingerprint density at radius 2 is 2.00 bits per heavy atom. The first-order valence-electron chi connectivity index (χ1n) is 9.11. The fourth-order valence-electron chi connectivity index (χ4n) is 2.53. The van der Waals surface area contributed by atoms with Crippen molar-refractivity contribution in [3.63, 3.8) is 0 Å². The van der Waals surface area contributed by atoms with Gasteiger partial charge in [-0.2, -0.15) is 0 Å². The zero-order valence-corrected chi connectivity index (χ0v) is 18.3. The predicted molar refractivity (Wildman–Crippen MR) is 114 cm³/mol. The molecule has 0 aliphatic rings. The minimum atomic E-state index is 0. The second-order valence-electron chi connectivity index (χ2n) is 6.63. The van der Waals surface area contributed by atoms with E-state index >= 15 is 0 Å². The Morgan fingerprint density at radius 3 is 2.62 bits per heavy atom. The number of aliphatic imine (C=N–C) groups is 1. The lowest BCUT2D eigenvalue weighted by atomic mass is 10.1. The van der Waals surface area contributed by atoms with Crippen molar-refractivity contribution >= 4 is 29.9 Å². The molecule has 5 nitrogen and oxygen atoms in total. The van der Waals surface area contributed by atoms with Crippen molar-refractivity contribution < 1.29 is 0 Å². The first-order valence-corrected chi connectivity index (χ1v) is 9.11. The fourth-order valence-corrected chi connectivity index (χ4v) is 2.53. The van der Waals surface area contributed by atoms with Crippen LogP contribution in [0.25, 0.3) is 0 Å². The van der Waals surface area contributed by atoms with Crippen LogP contribution < -0.4 is 10.6 Å². The highest BCUT2D eigenvalue weighted by atomic mass is 127. The van der Waals surface area contributed by atoms with Crippen LogP contribution in [0, 0.1) is 5.92 Å². The maximum absolute atomic E-state index is 4.70. The summed E-state index contributed by atoms with van der Waals surface area (Å²) in [5.74, 6) is 2.52. The summed E-state index contributed by atoms with van der Waals surface area (Å²) in [5, 5.41) is 6.83. The standard InChI is InChI=1S/C18H35N5.HI/c1-6-8-9-10-16(5)22-18(19-7-2)21-13-17-20-11-12-23(17)14-15(3)4;/h11-12,15-16H,6-10,13-14H2,1-5H3,(H2,19,21,22);1H. The monoisotopic (exact) mass is 449 g/mol. The largest absolute Gasteiger partial charge is 0.357 e. The molecule has 0 amide bonds. The summed E-state index contributed by atoms with van der Waals surface area (Å²) in [4.78, 5) is 9.14. The third-order valence-corrected chi connectivity index (χ3v) is 3.71. The van der Waals surface area contributed by atoms with Crippen molar-refractivity contribution in [2.45, 2.75) is 79.4 Å². The predicted octanol–water partition coefficient (Wildman–Crippen LogP) is 4.18. The molecule has 1 rings (SSSR count). The van der Waals surface area contributed by atoms with Crippen LogP contribution >= 0.6 is 24.0 Å². The van der Waals surface area contributed by atoms with Gasteiger partial charge in [-0.25, -0.2) is 9.98 Å². The average molecular weight is 449 g/mol. The zero-order chi connectivity index (χ0) is 17.1. The van der Waals surface area contributed by atoms with Crippen LogP contribution in [0.4, 0.5) is 0 Å². The van der Waals surface area contributed by atoms with Gasteiger partial charge < -0.3 is 15.2 Å². The van der Waals surface area contributed by atoms with Gasteiger partial charge >= 0.3 is 0 Å². The Labute approximate surface area is 165 Å². The summed E-state index contributed by atoms with van der Waals surface area (Å²) in [6.07, 6.45) is 8.91. The van der Waals surface area contributed by atoms with Crippen molar-refractivity contribution in [3.05, 3.63) is 18.2 Å². The second kappa shape index (κ2) is 13.5. The molecule has 0 fully saturated rings. The number of rotatable bonds is 10. The number of hydrogen-bond donors (Lipinski definition) is 2. The molecule has 0 radical (unpaired) electrons. The molecule has 0 aliphatic heterocycles. The molecule has 0 aromatic carbocycles. The fraction of sp³-hybridized carbons (Fsp3) is 0.778. The van der Waals surface area contributed by atoms with Crippen LogP contribution in [-0.2, 0) is 13.1 Å². The van der Waals surface area contributed by atoms with Crippen molar-refractivity contribution in [2.75, 3.05) is 6.54 Å². The first kappa shape index (κ1) is 23.2. The van der Waals surface area contributed by atoms with Crippen LogP contribution in [0.1, 0.15) is 66.1 Å². The Hall–Kier alpha value is -0.790. The minimum Gasteiger partial charge on any atom is -0.357 e. The molecule has 1 heterocycles. The van der Waals surface area contributed by atoms with Crippen molar-refractivity contribution in [1.29, 1.82) is 0 Å². The van der Waals surface area contributed by atoms with Gasteiger partial charge in [0.2, 0.25) is 0 Å². The van der Waals surface area contributed by atoms with E-state index in [0.29, 0.717) is 18.5 Å². The minimum absolute atomic E-state index is 0. The SMILES string of the molecule is CCCCCC(C)NC(=NCc1nccn1CC(C)C)NCC.I. The summed E-state index contributed by atoms with van der Waals surface area (Å²) in [6, 6.07) is 0.440. The molecular formula is C18H36IN5. The highest BCUT2D eigenvalue weighted by Gasteiger charge is 2.07. The van der Waals surface area contributed by atoms with Gasteiger partial charge in [0.1, 0.15) is 12.4 Å². The number of guanidine groups is 1. The lowest BCUT2D eigenvalue weighted by molar-refractivity contribution is 0.506. The molecule has 24 heavy (non-hydrogen) atoms. The van der Waals surface area contributed by atoms with E-state index in [4.69, 9.17) is 4.99 Å². The molecular weight excluding hydrogens is 413 g/mol. The zero-order valence-electron chi connectivity index (χ0n) is 16.0. The van der Waals surface area contributed by atoms with Gasteiger partial charge in [-0.05, 0) is 26.2 Å². The van der Waals surface area contributed by atoms with Crippen molar-refractivity contribution in [3.8, 4) is 0 Å². The summed E-state index contributed by atoms with van der Waals surface area (Å²) in [7, 11) is 0. The summed E-state index contributed by atoms with van der Waals surface area (Å²) in [5.41, 5.74) is 0. The smallest absolute Gasteiger partial charge is 0.191 e. The molecule has 2 N–H and O–H groups in total. The second-order valence-corrected chi connectivity index (χ2v) is 6.63. The maximum Gasteiger partial charge on any atom is 0.191 e. The van der Waals surface area contributed by atoms with Gasteiger partial charge in [-0.1, -0.05) is 40.0 Å². The maximum atomic E-state index is 4.70. The highest BCUT2D eigenvalue weighted by molar-refractivity contribution is 14.0. The van der Waals surface area contributed by atoms with Crippen LogP contribution in [0.15, 0.2) is 17.4 Å². The molecule has 1 aromatic rings. The number of nitrogens with zero attached hydrogens (tertiary/aromatic N) is 3. The Morgan fingerprint density at radius 1 is 1.25 bits per heavy atom. The summed E-state index contributed by atoms with van der Waals surface area (Å²) < 4.78 is 2.20. The van der Waals surface area contributed by atoms with Crippen molar-refractivity contribution in [1.82, 2.24) is 20.2 Å². The first-order chi connectivity index (χ1) is 11.1.